The highest BCUT2D eigenvalue weighted by atomic mass is 15.3. The third-order valence-electron chi connectivity index (χ3n) is 4.68. The number of hydrogen-bond donors (Lipinski definition) is 1. The number of nitrogens with two attached hydrogens (primary N) is 1. The highest BCUT2D eigenvalue weighted by Gasteiger charge is 2.39. The average molecular weight is 250 g/mol. The molecule has 1 aliphatic carbocycles. The van der Waals surface area contributed by atoms with Gasteiger partial charge in [0.25, 0.3) is 0 Å². The monoisotopic (exact) mass is 250 g/mol. The standard InChI is InChI=1S/C14H26N4/c1-4-8-18-13(16-10-17-18)9-14(15)7-5-6-11(2)12(14)3/h10-12H,4-9,15H2,1-3H3. The fourth-order valence-electron chi connectivity index (χ4n) is 3.16. The van der Waals surface area contributed by atoms with E-state index in [1.165, 1.54) is 12.8 Å². The quantitative estimate of drug-likeness (QED) is 0.892. The smallest absolute Gasteiger partial charge is 0.138 e. The van der Waals surface area contributed by atoms with Crippen molar-refractivity contribution in [1.82, 2.24) is 14.8 Å². The summed E-state index contributed by atoms with van der Waals surface area (Å²) in [6.07, 6.45) is 7.26. The van der Waals surface area contributed by atoms with Crippen LogP contribution in [0.2, 0.25) is 0 Å². The molecule has 1 aromatic heterocycles. The van der Waals surface area contributed by atoms with Crippen LogP contribution in [0.1, 0.15) is 52.3 Å². The molecule has 1 saturated carbocycles. The average Bonchev–Trinajstić information content (AvgIpc) is 2.74. The van der Waals surface area contributed by atoms with Crippen molar-refractivity contribution >= 4 is 0 Å². The van der Waals surface area contributed by atoms with Crippen molar-refractivity contribution < 1.29 is 0 Å². The Hall–Kier alpha value is -0.900. The molecular formula is C14H26N4. The first kappa shape index (κ1) is 13.5. The zero-order valence-electron chi connectivity index (χ0n) is 11.9. The Kier molecular flexibility index (Phi) is 4.05. The van der Waals surface area contributed by atoms with Gasteiger partial charge in [0.15, 0.2) is 0 Å². The van der Waals surface area contributed by atoms with E-state index >= 15 is 0 Å². The summed E-state index contributed by atoms with van der Waals surface area (Å²) in [6, 6.07) is 0. The Morgan fingerprint density at radius 3 is 3.00 bits per heavy atom. The first-order chi connectivity index (χ1) is 8.57. The highest BCUT2D eigenvalue weighted by molar-refractivity contribution is 5.03. The second-order valence-corrected chi connectivity index (χ2v) is 5.97. The molecule has 1 heterocycles. The number of aromatic nitrogens is 3. The first-order valence-corrected chi connectivity index (χ1v) is 7.22. The van der Waals surface area contributed by atoms with Gasteiger partial charge >= 0.3 is 0 Å². The molecule has 1 fully saturated rings. The number of aryl methyl sites for hydroxylation is 1. The molecule has 3 unspecified atom stereocenters. The molecule has 1 aromatic rings. The first-order valence-electron chi connectivity index (χ1n) is 7.22. The van der Waals surface area contributed by atoms with Crippen molar-refractivity contribution in [2.45, 2.75) is 65.0 Å². The van der Waals surface area contributed by atoms with Crippen LogP contribution in [0.4, 0.5) is 0 Å². The normalized spacial score (nSPS) is 32.7. The summed E-state index contributed by atoms with van der Waals surface area (Å²) in [5.41, 5.74) is 6.57. The lowest BCUT2D eigenvalue weighted by Gasteiger charge is -2.43. The Balaban J connectivity index is 2.13. The highest BCUT2D eigenvalue weighted by Crippen LogP contribution is 2.37. The Morgan fingerprint density at radius 1 is 1.50 bits per heavy atom. The van der Waals surface area contributed by atoms with Crippen LogP contribution in [0.5, 0.6) is 0 Å². The van der Waals surface area contributed by atoms with E-state index in [1.54, 1.807) is 6.33 Å². The van der Waals surface area contributed by atoms with E-state index in [-0.39, 0.29) is 5.54 Å². The molecule has 0 bridgehead atoms. The van der Waals surface area contributed by atoms with Crippen LogP contribution in [0.3, 0.4) is 0 Å². The van der Waals surface area contributed by atoms with Crippen LogP contribution in [-0.4, -0.2) is 20.3 Å². The molecule has 0 spiro atoms. The van der Waals surface area contributed by atoms with Gasteiger partial charge in [0.05, 0.1) is 0 Å². The number of rotatable bonds is 4. The fraction of sp³-hybridized carbons (Fsp3) is 0.857. The van der Waals surface area contributed by atoms with E-state index in [0.717, 1.165) is 31.6 Å². The van der Waals surface area contributed by atoms with Gasteiger partial charge in [-0.2, -0.15) is 5.10 Å². The Bertz CT molecular complexity index is 387. The van der Waals surface area contributed by atoms with Gasteiger partial charge < -0.3 is 5.73 Å². The third-order valence-corrected chi connectivity index (χ3v) is 4.68. The molecule has 0 aliphatic heterocycles. The van der Waals surface area contributed by atoms with Crippen molar-refractivity contribution in [3.63, 3.8) is 0 Å². The van der Waals surface area contributed by atoms with Gasteiger partial charge in [0.2, 0.25) is 0 Å². The van der Waals surface area contributed by atoms with Crippen LogP contribution in [-0.2, 0) is 13.0 Å². The maximum absolute atomic E-state index is 6.67. The molecule has 1 aliphatic rings. The van der Waals surface area contributed by atoms with Gasteiger partial charge in [-0.1, -0.05) is 33.6 Å². The topological polar surface area (TPSA) is 56.7 Å². The van der Waals surface area contributed by atoms with E-state index in [1.807, 2.05) is 4.68 Å². The van der Waals surface area contributed by atoms with Crippen molar-refractivity contribution in [1.29, 1.82) is 0 Å². The Labute approximate surface area is 110 Å². The minimum absolute atomic E-state index is 0.101. The summed E-state index contributed by atoms with van der Waals surface area (Å²) in [6.45, 7) is 7.72. The minimum atomic E-state index is -0.101. The molecule has 0 aromatic carbocycles. The maximum atomic E-state index is 6.67. The van der Waals surface area contributed by atoms with Crippen LogP contribution < -0.4 is 5.73 Å². The maximum Gasteiger partial charge on any atom is 0.138 e. The number of hydrogen-bond acceptors (Lipinski definition) is 3. The summed E-state index contributed by atoms with van der Waals surface area (Å²) < 4.78 is 2.01. The molecule has 4 nitrogen and oxygen atoms in total. The van der Waals surface area contributed by atoms with Crippen molar-refractivity contribution in [3.05, 3.63) is 12.2 Å². The summed E-state index contributed by atoms with van der Waals surface area (Å²) in [5.74, 6) is 2.32. The van der Waals surface area contributed by atoms with E-state index in [2.05, 4.69) is 30.9 Å². The molecule has 3 atom stereocenters. The fourth-order valence-corrected chi connectivity index (χ4v) is 3.16. The largest absolute Gasteiger partial charge is 0.324 e. The van der Waals surface area contributed by atoms with Gasteiger partial charge in [-0.3, -0.25) is 4.68 Å². The van der Waals surface area contributed by atoms with Crippen LogP contribution in [0.15, 0.2) is 6.33 Å². The Morgan fingerprint density at radius 2 is 2.28 bits per heavy atom. The SMILES string of the molecule is CCCn1ncnc1CC1(N)CCCC(C)C1C. The van der Waals surface area contributed by atoms with Gasteiger partial charge in [-0.25, -0.2) is 4.98 Å². The predicted octanol–water partition coefficient (Wildman–Crippen LogP) is 2.38. The predicted molar refractivity (Wildman–Crippen MR) is 73.1 cm³/mol. The molecule has 0 radical (unpaired) electrons. The molecule has 18 heavy (non-hydrogen) atoms. The molecule has 2 N–H and O–H groups in total. The summed E-state index contributed by atoms with van der Waals surface area (Å²) in [4.78, 5) is 4.41. The van der Waals surface area contributed by atoms with E-state index in [4.69, 9.17) is 5.73 Å². The van der Waals surface area contributed by atoms with Crippen LogP contribution in [0.25, 0.3) is 0 Å². The van der Waals surface area contributed by atoms with Crippen LogP contribution in [0, 0.1) is 11.8 Å². The lowest BCUT2D eigenvalue weighted by Crippen LogP contribution is -2.53. The second-order valence-electron chi connectivity index (χ2n) is 5.97. The third kappa shape index (κ3) is 2.58. The van der Waals surface area contributed by atoms with E-state index in [9.17, 15) is 0 Å². The summed E-state index contributed by atoms with van der Waals surface area (Å²) in [5, 5.41) is 4.30. The van der Waals surface area contributed by atoms with Crippen molar-refractivity contribution in [2.24, 2.45) is 17.6 Å². The van der Waals surface area contributed by atoms with Gasteiger partial charge in [0.1, 0.15) is 12.2 Å². The van der Waals surface area contributed by atoms with E-state index < -0.39 is 0 Å². The van der Waals surface area contributed by atoms with Crippen LogP contribution >= 0.6 is 0 Å². The van der Waals surface area contributed by atoms with Gasteiger partial charge in [-0.05, 0) is 24.7 Å². The number of nitrogens with zero attached hydrogens (tertiary/aromatic N) is 3. The molecule has 4 heteroatoms. The van der Waals surface area contributed by atoms with E-state index in [0.29, 0.717) is 11.8 Å². The van der Waals surface area contributed by atoms with Gasteiger partial charge in [0, 0.05) is 18.5 Å². The zero-order valence-corrected chi connectivity index (χ0v) is 11.9. The molecule has 0 amide bonds. The van der Waals surface area contributed by atoms with Crippen molar-refractivity contribution in [3.8, 4) is 0 Å². The molecule has 2 rings (SSSR count). The summed E-state index contributed by atoms with van der Waals surface area (Å²) >= 11 is 0. The summed E-state index contributed by atoms with van der Waals surface area (Å²) in [7, 11) is 0. The lowest BCUT2D eigenvalue weighted by molar-refractivity contribution is 0.140. The second kappa shape index (κ2) is 5.39. The van der Waals surface area contributed by atoms with Gasteiger partial charge in [-0.15, -0.1) is 0 Å². The molecule has 102 valence electrons. The zero-order chi connectivity index (χ0) is 13.2. The lowest BCUT2D eigenvalue weighted by atomic mass is 9.67. The molecular weight excluding hydrogens is 224 g/mol. The molecule has 0 saturated heterocycles. The van der Waals surface area contributed by atoms with Crippen molar-refractivity contribution in [2.75, 3.05) is 0 Å². The minimum Gasteiger partial charge on any atom is -0.324 e.